The molecule has 0 spiro atoms. The Kier molecular flexibility index (Phi) is 17.5. The van der Waals surface area contributed by atoms with Crippen LogP contribution in [0, 0.1) is 0 Å². The Balaban J connectivity index is 1.91. The Bertz CT molecular complexity index is 921. The molecule has 44 heavy (non-hydrogen) atoms. The lowest BCUT2D eigenvalue weighted by Crippen LogP contribution is -2.52. The van der Waals surface area contributed by atoms with Gasteiger partial charge >= 0.3 is 5.97 Å². The van der Waals surface area contributed by atoms with Crippen molar-refractivity contribution in [3.05, 3.63) is 12.3 Å². The van der Waals surface area contributed by atoms with Crippen LogP contribution in [0.3, 0.4) is 0 Å². The van der Waals surface area contributed by atoms with Gasteiger partial charge in [-0.05, 0) is 13.0 Å². The number of carbonyl (C=O) groups is 4. The van der Waals surface area contributed by atoms with Gasteiger partial charge in [0.05, 0.1) is 0 Å². The Morgan fingerprint density at radius 3 is 1.98 bits per heavy atom. The SMILES string of the molecule is CCCCCCCCCCCCCCCC(=O)N1[C@H](C(=O)O)[C@@H]([C@H]2O[C@@H](N(C)/C=C\C(=O)NC=O)C(O)C2O)O[C@@H]1CCN. The number of aliphatic carboxylic acids is 1. The zero-order valence-corrected chi connectivity index (χ0v) is 26.4. The molecule has 0 aromatic rings. The fourth-order valence-electron chi connectivity index (χ4n) is 5.93. The third-order valence-electron chi connectivity index (χ3n) is 8.35. The predicted molar refractivity (Wildman–Crippen MR) is 163 cm³/mol. The van der Waals surface area contributed by atoms with E-state index in [1.165, 1.54) is 80.8 Å². The molecule has 0 aromatic heterocycles. The molecule has 2 fully saturated rings. The first-order valence-electron chi connectivity index (χ1n) is 16.2. The number of amides is 3. The molecule has 3 amide bonds. The smallest absolute Gasteiger partial charge is 0.329 e. The summed E-state index contributed by atoms with van der Waals surface area (Å²) in [6, 6.07) is -1.45. The van der Waals surface area contributed by atoms with Crippen molar-refractivity contribution in [2.75, 3.05) is 13.6 Å². The molecule has 0 saturated carbocycles. The Morgan fingerprint density at radius 1 is 0.886 bits per heavy atom. The highest BCUT2D eigenvalue weighted by Crippen LogP contribution is 2.36. The summed E-state index contributed by atoms with van der Waals surface area (Å²) < 4.78 is 11.9. The molecule has 2 heterocycles. The highest BCUT2D eigenvalue weighted by molar-refractivity contribution is 5.94. The van der Waals surface area contributed by atoms with Crippen molar-refractivity contribution in [1.82, 2.24) is 15.1 Å². The van der Waals surface area contributed by atoms with Crippen molar-refractivity contribution < 1.29 is 44.0 Å². The maximum Gasteiger partial charge on any atom is 0.329 e. The number of aliphatic hydroxyl groups is 2. The van der Waals surface area contributed by atoms with E-state index in [4.69, 9.17) is 15.2 Å². The van der Waals surface area contributed by atoms with Gasteiger partial charge in [-0.2, -0.15) is 0 Å². The maximum absolute atomic E-state index is 13.3. The molecule has 2 saturated heterocycles. The second kappa shape index (κ2) is 20.5. The maximum atomic E-state index is 13.3. The van der Waals surface area contributed by atoms with Crippen LogP contribution >= 0.6 is 0 Å². The van der Waals surface area contributed by atoms with Crippen molar-refractivity contribution in [2.24, 2.45) is 5.73 Å². The summed E-state index contributed by atoms with van der Waals surface area (Å²) in [6.45, 7) is 2.37. The Labute approximate surface area is 261 Å². The molecule has 13 heteroatoms. The van der Waals surface area contributed by atoms with E-state index in [2.05, 4.69) is 6.92 Å². The van der Waals surface area contributed by atoms with Gasteiger partial charge in [0, 0.05) is 32.2 Å². The first kappa shape index (κ1) is 37.6. The highest BCUT2D eigenvalue weighted by atomic mass is 16.6. The zero-order chi connectivity index (χ0) is 32.5. The number of hydrogen-bond acceptors (Lipinski definition) is 10. The van der Waals surface area contributed by atoms with Crippen molar-refractivity contribution >= 4 is 24.2 Å². The van der Waals surface area contributed by atoms with E-state index in [0.717, 1.165) is 25.3 Å². The van der Waals surface area contributed by atoms with Crippen molar-refractivity contribution in [3.63, 3.8) is 0 Å². The number of nitrogens with one attached hydrogen (secondary N) is 1. The lowest BCUT2D eigenvalue weighted by molar-refractivity contribution is -0.152. The molecule has 0 aromatic carbocycles. The first-order valence-corrected chi connectivity index (χ1v) is 16.2. The van der Waals surface area contributed by atoms with Crippen LogP contribution in [-0.4, -0.2) is 106 Å². The minimum atomic E-state index is -1.54. The van der Waals surface area contributed by atoms with Gasteiger partial charge in [-0.1, -0.05) is 84.0 Å². The minimum Gasteiger partial charge on any atom is -0.480 e. The number of unbranched alkanes of at least 4 members (excludes halogenated alkanes) is 12. The van der Waals surface area contributed by atoms with Gasteiger partial charge in [-0.15, -0.1) is 0 Å². The van der Waals surface area contributed by atoms with Crippen LogP contribution in [0.15, 0.2) is 12.3 Å². The fraction of sp³-hybridized carbons (Fsp3) is 0.806. The van der Waals surface area contributed by atoms with Gasteiger partial charge in [0.15, 0.2) is 12.3 Å². The summed E-state index contributed by atoms with van der Waals surface area (Å²) in [6.07, 6.45) is 10.3. The number of aliphatic hydroxyl groups excluding tert-OH is 2. The lowest BCUT2D eigenvalue weighted by atomic mass is 9.98. The Hall–Kier alpha value is -2.58. The van der Waals surface area contributed by atoms with Crippen molar-refractivity contribution in [1.29, 1.82) is 0 Å². The van der Waals surface area contributed by atoms with E-state index in [0.29, 0.717) is 6.42 Å². The van der Waals surface area contributed by atoms with Crippen LogP contribution in [0.4, 0.5) is 0 Å². The standard InChI is InChI=1S/C31H54N4O9/c1-3-4-5-6-7-8-9-10-11-12-13-14-15-16-23(38)35-24(17-19-32)43-28(25(35)31(41)42)29-26(39)27(40)30(44-29)34(2)20-18-22(37)33-21-36/h18,20-21,24-30,39-40H,3-17,19,32H2,1-2H3,(H,41,42)(H,33,36,37)/b20-18-/t24-,25+,26?,27?,28+,29+,30-/m1/s1. The zero-order valence-electron chi connectivity index (χ0n) is 26.4. The molecule has 2 aliphatic heterocycles. The molecule has 2 unspecified atom stereocenters. The number of imide groups is 1. The number of likely N-dealkylation sites (N-methyl/N-ethyl adjacent to an activating group) is 1. The third kappa shape index (κ3) is 11.4. The summed E-state index contributed by atoms with van der Waals surface area (Å²) in [5.74, 6) is -2.39. The largest absolute Gasteiger partial charge is 0.480 e. The molecule has 2 rings (SSSR count). The molecular formula is C31H54N4O9. The lowest BCUT2D eigenvalue weighted by Gasteiger charge is -2.28. The first-order chi connectivity index (χ1) is 21.2. The van der Waals surface area contributed by atoms with Crippen LogP contribution in [-0.2, 0) is 28.7 Å². The van der Waals surface area contributed by atoms with E-state index in [-0.39, 0.29) is 31.7 Å². The quantitative estimate of drug-likeness (QED) is 0.0671. The number of hydrogen-bond donors (Lipinski definition) is 5. The second-order valence-corrected chi connectivity index (χ2v) is 11.8. The molecule has 2 aliphatic rings. The summed E-state index contributed by atoms with van der Waals surface area (Å²) in [5.41, 5.74) is 5.75. The molecule has 6 N–H and O–H groups in total. The average molecular weight is 627 g/mol. The normalized spacial score (nSPS) is 26.8. The highest BCUT2D eigenvalue weighted by Gasteiger charge is 2.57. The van der Waals surface area contributed by atoms with Crippen LogP contribution in [0.1, 0.15) is 103 Å². The van der Waals surface area contributed by atoms with Gasteiger partial charge in [0.1, 0.15) is 30.6 Å². The molecule has 7 atom stereocenters. The van der Waals surface area contributed by atoms with Gasteiger partial charge in [0.2, 0.25) is 12.3 Å². The van der Waals surface area contributed by atoms with Crippen molar-refractivity contribution in [3.8, 4) is 0 Å². The van der Waals surface area contributed by atoms with Crippen LogP contribution in [0.5, 0.6) is 0 Å². The molecule has 13 nitrogen and oxygen atoms in total. The fourth-order valence-corrected chi connectivity index (χ4v) is 5.93. The van der Waals surface area contributed by atoms with Crippen LogP contribution < -0.4 is 11.1 Å². The summed E-state index contributed by atoms with van der Waals surface area (Å²) in [7, 11) is 1.47. The summed E-state index contributed by atoms with van der Waals surface area (Å²) >= 11 is 0. The van der Waals surface area contributed by atoms with Gasteiger partial charge < -0.3 is 40.3 Å². The van der Waals surface area contributed by atoms with E-state index in [1.54, 1.807) is 0 Å². The third-order valence-corrected chi connectivity index (χ3v) is 8.35. The summed E-state index contributed by atoms with van der Waals surface area (Å²) in [4.78, 5) is 50.3. The number of rotatable bonds is 22. The number of ether oxygens (including phenoxy) is 2. The molecule has 252 valence electrons. The van der Waals surface area contributed by atoms with E-state index >= 15 is 0 Å². The topological polar surface area (TPSA) is 192 Å². The molecule has 0 radical (unpaired) electrons. The Morgan fingerprint density at radius 2 is 1.45 bits per heavy atom. The number of nitrogens with zero attached hydrogens (tertiary/aromatic N) is 2. The number of carboxylic acid groups (broad SMARTS) is 1. The minimum absolute atomic E-state index is 0.141. The van der Waals surface area contributed by atoms with Gasteiger partial charge in [-0.3, -0.25) is 19.7 Å². The predicted octanol–water partition coefficient (Wildman–Crippen LogP) is 1.99. The number of nitrogens with two attached hydrogens (primary N) is 1. The van der Waals surface area contributed by atoms with E-state index < -0.39 is 54.8 Å². The van der Waals surface area contributed by atoms with E-state index in [1.807, 2.05) is 5.32 Å². The number of carboxylic acids is 1. The van der Waals surface area contributed by atoms with E-state index in [9.17, 15) is 34.5 Å². The molecule has 0 aliphatic carbocycles. The van der Waals surface area contributed by atoms with Gasteiger partial charge in [0.25, 0.3) is 5.91 Å². The van der Waals surface area contributed by atoms with Crippen LogP contribution in [0.2, 0.25) is 0 Å². The average Bonchev–Trinajstić information content (AvgIpc) is 3.51. The van der Waals surface area contributed by atoms with Crippen LogP contribution in [0.25, 0.3) is 0 Å². The summed E-state index contributed by atoms with van der Waals surface area (Å²) in [5, 5.41) is 33.6. The molecule has 0 bridgehead atoms. The van der Waals surface area contributed by atoms with Gasteiger partial charge in [-0.25, -0.2) is 4.79 Å². The van der Waals surface area contributed by atoms with Crippen molar-refractivity contribution in [2.45, 2.75) is 146 Å². The second-order valence-electron chi connectivity index (χ2n) is 11.8. The number of carbonyl (C=O) groups excluding carboxylic acids is 3. The molecular weight excluding hydrogens is 572 g/mol. The monoisotopic (exact) mass is 626 g/mol.